The van der Waals surface area contributed by atoms with Crippen molar-refractivity contribution in [3.8, 4) is 12.0 Å². The molecule has 0 fully saturated rings. The third kappa shape index (κ3) is 1.96. The monoisotopic (exact) mass is 242 g/mol. The summed E-state index contributed by atoms with van der Waals surface area (Å²) in [5.41, 5.74) is 2.23. The molecule has 0 amide bonds. The Kier molecular flexibility index (Phi) is 2.71. The standard InChI is InChI=1S/C9H8BrFSi/c1-3-12(2,11)9-6-4-8(10)5-7-9/h1,4-7H,2H3. The second-order valence-corrected chi connectivity index (χ2v) is 6.44. The van der Waals surface area contributed by atoms with E-state index in [1.807, 2.05) is 0 Å². The summed E-state index contributed by atoms with van der Waals surface area (Å²) < 4.78 is 14.5. The van der Waals surface area contributed by atoms with Crippen molar-refractivity contribution in [1.82, 2.24) is 0 Å². The van der Waals surface area contributed by atoms with Gasteiger partial charge in [0, 0.05) is 4.47 Å². The zero-order valence-electron chi connectivity index (χ0n) is 6.64. The van der Waals surface area contributed by atoms with Gasteiger partial charge >= 0.3 is 8.41 Å². The summed E-state index contributed by atoms with van der Waals surface area (Å²) in [7, 11) is -3.07. The molecule has 0 nitrogen and oxygen atoms in total. The molecule has 1 unspecified atom stereocenters. The second-order valence-electron chi connectivity index (χ2n) is 2.65. The lowest BCUT2D eigenvalue weighted by molar-refractivity contribution is 0.835. The molecule has 0 aliphatic heterocycles. The number of rotatable bonds is 1. The molecule has 1 aromatic carbocycles. The first-order chi connectivity index (χ1) is 5.56. The predicted molar refractivity (Wildman–Crippen MR) is 55.3 cm³/mol. The Labute approximate surface area is 81.1 Å². The molecule has 1 atom stereocenters. The van der Waals surface area contributed by atoms with Gasteiger partial charge in [-0.05, 0) is 23.9 Å². The number of benzene rings is 1. The van der Waals surface area contributed by atoms with Crippen LogP contribution in [0.4, 0.5) is 4.11 Å². The largest absolute Gasteiger partial charge is 0.350 e. The van der Waals surface area contributed by atoms with E-state index in [0.29, 0.717) is 5.19 Å². The second kappa shape index (κ2) is 3.42. The fourth-order valence-corrected chi connectivity index (χ4v) is 2.07. The van der Waals surface area contributed by atoms with E-state index in [4.69, 9.17) is 6.42 Å². The Hall–Kier alpha value is -0.593. The van der Waals surface area contributed by atoms with Crippen molar-refractivity contribution < 1.29 is 4.11 Å². The summed E-state index contributed by atoms with van der Waals surface area (Å²) in [6.45, 7) is 1.51. The van der Waals surface area contributed by atoms with Crippen LogP contribution in [0.3, 0.4) is 0 Å². The van der Waals surface area contributed by atoms with Crippen molar-refractivity contribution in [3.05, 3.63) is 28.7 Å². The first-order valence-electron chi connectivity index (χ1n) is 3.49. The molecule has 1 aromatic rings. The maximum atomic E-state index is 13.6. The molecule has 0 saturated carbocycles. The average molecular weight is 243 g/mol. The summed E-state index contributed by atoms with van der Waals surface area (Å²) in [6, 6.07) is 7.07. The maximum Gasteiger partial charge on any atom is 0.350 e. The number of hydrogen-bond acceptors (Lipinski definition) is 0. The third-order valence-corrected chi connectivity index (χ3v) is 4.15. The fourth-order valence-electron chi connectivity index (χ4n) is 0.846. The highest BCUT2D eigenvalue weighted by Crippen LogP contribution is 2.09. The van der Waals surface area contributed by atoms with Crippen LogP contribution in [-0.4, -0.2) is 8.41 Å². The lowest BCUT2D eigenvalue weighted by Gasteiger charge is -2.09. The Bertz CT molecular complexity index is 310. The summed E-state index contributed by atoms with van der Waals surface area (Å²) in [4.78, 5) is 0. The minimum atomic E-state index is -3.07. The first kappa shape index (κ1) is 9.49. The lowest BCUT2D eigenvalue weighted by Crippen LogP contribution is -2.38. The number of terminal acetylenes is 1. The molecule has 3 heteroatoms. The minimum absolute atomic E-state index is 0.646. The van der Waals surface area contributed by atoms with Crippen molar-refractivity contribution >= 4 is 29.5 Å². The fraction of sp³-hybridized carbons (Fsp3) is 0.111. The molecule has 0 spiro atoms. The van der Waals surface area contributed by atoms with Crippen LogP contribution in [0.1, 0.15) is 0 Å². The SMILES string of the molecule is C#C[Si](C)(F)c1ccc(Br)cc1. The number of hydrogen-bond donors (Lipinski definition) is 0. The molecule has 0 saturated heterocycles. The van der Waals surface area contributed by atoms with E-state index in [1.54, 1.807) is 24.3 Å². The topological polar surface area (TPSA) is 0 Å². The Morgan fingerprint density at radius 2 is 1.92 bits per heavy atom. The molecular formula is C9H8BrFSi. The van der Waals surface area contributed by atoms with E-state index in [2.05, 4.69) is 21.5 Å². The van der Waals surface area contributed by atoms with Gasteiger partial charge < -0.3 is 0 Å². The smallest absolute Gasteiger partial charge is 0.291 e. The van der Waals surface area contributed by atoms with Gasteiger partial charge in [-0.25, -0.2) is 0 Å². The molecular weight excluding hydrogens is 235 g/mol. The van der Waals surface area contributed by atoms with Gasteiger partial charge in [-0.3, -0.25) is 4.11 Å². The van der Waals surface area contributed by atoms with Crippen LogP contribution in [0, 0.1) is 12.0 Å². The molecule has 0 radical (unpaired) electrons. The highest BCUT2D eigenvalue weighted by atomic mass is 79.9. The van der Waals surface area contributed by atoms with Crippen LogP contribution < -0.4 is 5.19 Å². The highest BCUT2D eigenvalue weighted by molar-refractivity contribution is 9.10. The zero-order chi connectivity index (χ0) is 9.19. The van der Waals surface area contributed by atoms with Crippen LogP contribution in [-0.2, 0) is 0 Å². The van der Waals surface area contributed by atoms with Gasteiger partial charge in [0.15, 0.2) is 0 Å². The highest BCUT2D eigenvalue weighted by Gasteiger charge is 2.27. The van der Waals surface area contributed by atoms with Gasteiger partial charge in [0.25, 0.3) is 0 Å². The third-order valence-electron chi connectivity index (χ3n) is 1.66. The van der Waals surface area contributed by atoms with Crippen LogP contribution in [0.2, 0.25) is 6.55 Å². The van der Waals surface area contributed by atoms with Gasteiger partial charge in [0.05, 0.1) is 0 Å². The van der Waals surface area contributed by atoms with E-state index in [9.17, 15) is 4.11 Å². The minimum Gasteiger partial charge on any atom is -0.291 e. The van der Waals surface area contributed by atoms with Crippen LogP contribution in [0.15, 0.2) is 28.7 Å². The van der Waals surface area contributed by atoms with E-state index in [0.717, 1.165) is 4.47 Å². The molecule has 1 rings (SSSR count). The van der Waals surface area contributed by atoms with Gasteiger partial charge in [-0.1, -0.05) is 33.6 Å². The Balaban J connectivity index is 3.07. The molecule has 0 heterocycles. The summed E-state index contributed by atoms with van der Waals surface area (Å²) in [6.07, 6.45) is 5.10. The quantitative estimate of drug-likeness (QED) is 0.403. The van der Waals surface area contributed by atoms with Crippen molar-refractivity contribution in [2.75, 3.05) is 0 Å². The van der Waals surface area contributed by atoms with Crippen LogP contribution >= 0.6 is 15.9 Å². The predicted octanol–water partition coefficient (Wildman–Crippen LogP) is 2.37. The van der Waals surface area contributed by atoms with Gasteiger partial charge in [-0.2, -0.15) is 0 Å². The first-order valence-corrected chi connectivity index (χ1v) is 6.66. The Morgan fingerprint density at radius 1 is 1.42 bits per heavy atom. The van der Waals surface area contributed by atoms with E-state index in [-0.39, 0.29) is 0 Å². The lowest BCUT2D eigenvalue weighted by atomic mass is 10.4. The van der Waals surface area contributed by atoms with Crippen molar-refractivity contribution in [2.24, 2.45) is 0 Å². The van der Waals surface area contributed by atoms with E-state index < -0.39 is 8.41 Å². The molecule has 0 N–H and O–H groups in total. The molecule has 0 aliphatic carbocycles. The zero-order valence-corrected chi connectivity index (χ0v) is 9.23. The van der Waals surface area contributed by atoms with E-state index >= 15 is 0 Å². The van der Waals surface area contributed by atoms with Crippen molar-refractivity contribution in [3.63, 3.8) is 0 Å². The number of halogens is 2. The van der Waals surface area contributed by atoms with Crippen LogP contribution in [0.5, 0.6) is 0 Å². The average Bonchev–Trinajstić information content (AvgIpc) is 2.05. The molecule has 62 valence electrons. The summed E-state index contributed by atoms with van der Waals surface area (Å²) >= 11 is 3.28. The summed E-state index contributed by atoms with van der Waals surface area (Å²) in [5.74, 6) is 0. The van der Waals surface area contributed by atoms with Gasteiger partial charge in [0.1, 0.15) is 0 Å². The maximum absolute atomic E-state index is 13.6. The summed E-state index contributed by atoms with van der Waals surface area (Å²) in [5, 5.41) is 0.646. The van der Waals surface area contributed by atoms with Crippen molar-refractivity contribution in [1.29, 1.82) is 0 Å². The normalized spacial score (nSPS) is 14.8. The van der Waals surface area contributed by atoms with Crippen LogP contribution in [0.25, 0.3) is 0 Å². The Morgan fingerprint density at radius 3 is 2.33 bits per heavy atom. The molecule has 0 bridgehead atoms. The molecule has 0 aromatic heterocycles. The van der Waals surface area contributed by atoms with Gasteiger partial charge in [0.2, 0.25) is 0 Å². The van der Waals surface area contributed by atoms with Gasteiger partial charge in [-0.15, -0.1) is 6.42 Å². The van der Waals surface area contributed by atoms with E-state index in [1.165, 1.54) is 6.55 Å². The van der Waals surface area contributed by atoms with Crippen molar-refractivity contribution in [2.45, 2.75) is 6.55 Å². The molecule has 0 aliphatic rings. The molecule has 12 heavy (non-hydrogen) atoms.